The van der Waals surface area contributed by atoms with Crippen LogP contribution in [0.2, 0.25) is 0 Å². The molecule has 88 heavy (non-hydrogen) atoms. The van der Waals surface area contributed by atoms with Gasteiger partial charge in [0, 0.05) is 92.1 Å². The molecular formula is C73H63N7O8. The number of rotatable bonds is 12. The molecule has 4 heterocycles. The Hall–Kier alpha value is -10.2. The standard InChI is InChI=1S/C36H28N4O4.C36H31N3O4.CH4/c1-17(2)10-12-39-33(41)22-9-7-21-30-26(38-5)15-25-29-23(34(42)40(36(25)44)13-11-18(3)4)8-6-20(32(29)30)27-19(16-37)14-24(35(39)43)28(22)31(21)27;1-17(2)11-13-38-33(40)22-10-8-21-30-26(37-6)16-25-29-23(34(41)39(36(25)43)14-12-18(3)4)9-7-20(32(29)30)27-19(5)15-24(35(38)42)28(22)31(21)27;/h6-9,14-15,17-18H,10-13H2,1-4H3;7-10,15-18H,11-14H2,1-5H3;1H4. The summed E-state index contributed by atoms with van der Waals surface area (Å²) in [6, 6.07) is 23.1. The molecule has 0 saturated heterocycles. The Morgan fingerprint density at radius 1 is 0.364 bits per heavy atom. The van der Waals surface area contributed by atoms with Gasteiger partial charge in [0.1, 0.15) is 0 Å². The predicted molar refractivity (Wildman–Crippen MR) is 343 cm³/mol. The van der Waals surface area contributed by atoms with Gasteiger partial charge in [-0.3, -0.25) is 58.0 Å². The number of aryl methyl sites for hydroxylation is 1. The van der Waals surface area contributed by atoms with Gasteiger partial charge in [0.2, 0.25) is 0 Å². The fraction of sp³-hybridized carbons (Fsp3) is 0.301. The number of fused-ring (bicyclic) bond motifs is 4. The van der Waals surface area contributed by atoms with Crippen LogP contribution in [-0.2, 0) is 0 Å². The number of carbonyl (C=O) groups excluding carboxylic acids is 8. The largest absolute Gasteiger partial charge is 0.274 e. The van der Waals surface area contributed by atoms with Crippen molar-refractivity contribution in [1.29, 1.82) is 5.26 Å². The highest BCUT2D eigenvalue weighted by Gasteiger charge is 2.41. The molecule has 0 aromatic heterocycles. The summed E-state index contributed by atoms with van der Waals surface area (Å²) in [6.07, 6.45) is 2.71. The van der Waals surface area contributed by atoms with Gasteiger partial charge in [-0.1, -0.05) is 87.1 Å². The van der Waals surface area contributed by atoms with Crippen molar-refractivity contribution in [2.24, 2.45) is 23.7 Å². The molecule has 15 heteroatoms. The van der Waals surface area contributed by atoms with E-state index in [1.807, 2.05) is 52.8 Å². The van der Waals surface area contributed by atoms with E-state index in [2.05, 4.69) is 43.5 Å². The second-order valence-electron chi connectivity index (χ2n) is 25.4. The molecular weight excluding hydrogens is 1100 g/mol. The van der Waals surface area contributed by atoms with Gasteiger partial charge < -0.3 is 0 Å². The summed E-state index contributed by atoms with van der Waals surface area (Å²) in [5.41, 5.74) is 4.74. The predicted octanol–water partition coefficient (Wildman–Crippen LogP) is 16.0. The van der Waals surface area contributed by atoms with Crippen LogP contribution in [-0.4, -0.2) is 93.0 Å². The highest BCUT2D eigenvalue weighted by Crippen LogP contribution is 2.53. The second kappa shape index (κ2) is 21.1. The SMILES string of the molecule is C.[C-]#[N+]c1cc2c3c(ccc4c5c(C#N)cc6c7c(ccc(c1c34)c75)C(=O)N(CCC(C)C)C6=O)C(=O)N(CCC(C)C)C2=O.[C-]#[N+]c1cc2c3c(ccc4c5c(C)cc6c7c(ccc(c1c34)c75)C(=O)N(CCC(C)C)C6=O)C(=O)N(CCC(C)C)C2=O. The quantitative estimate of drug-likeness (QED) is 0.0497. The van der Waals surface area contributed by atoms with Crippen LogP contribution in [0.25, 0.3) is 95.9 Å². The number of imide groups is 4. The van der Waals surface area contributed by atoms with Crippen LogP contribution < -0.4 is 0 Å². The lowest BCUT2D eigenvalue weighted by Crippen LogP contribution is -2.41. The highest BCUT2D eigenvalue weighted by atomic mass is 16.2. The maximum atomic E-state index is 13.8. The molecule has 4 aliphatic rings. The van der Waals surface area contributed by atoms with E-state index in [9.17, 15) is 43.6 Å². The average Bonchev–Trinajstić information content (AvgIpc) is 0.723. The fourth-order valence-electron chi connectivity index (χ4n) is 13.9. The molecule has 0 unspecified atom stereocenters. The molecule has 0 aliphatic carbocycles. The summed E-state index contributed by atoms with van der Waals surface area (Å²) < 4.78 is 0. The van der Waals surface area contributed by atoms with Crippen molar-refractivity contribution >= 4 is 145 Å². The van der Waals surface area contributed by atoms with Crippen molar-refractivity contribution in [2.75, 3.05) is 26.2 Å². The third-order valence-electron chi connectivity index (χ3n) is 18.2. The van der Waals surface area contributed by atoms with Crippen LogP contribution in [0.3, 0.4) is 0 Å². The topological polar surface area (TPSA) is 182 Å². The molecule has 10 aromatic rings. The molecule has 0 fully saturated rings. The molecule has 0 radical (unpaired) electrons. The summed E-state index contributed by atoms with van der Waals surface area (Å²) in [6.45, 7) is 35.8. The summed E-state index contributed by atoms with van der Waals surface area (Å²) in [7, 11) is 0. The monoisotopic (exact) mass is 1170 g/mol. The molecule has 438 valence electrons. The normalized spacial score (nSPS) is 14.7. The Balaban J connectivity index is 0.000000169. The second-order valence-corrected chi connectivity index (χ2v) is 25.4. The summed E-state index contributed by atoms with van der Waals surface area (Å²) in [5.74, 6) is -1.73. The molecule has 0 saturated carbocycles. The van der Waals surface area contributed by atoms with E-state index in [-0.39, 0.29) is 90.2 Å². The number of amides is 8. The van der Waals surface area contributed by atoms with E-state index in [0.717, 1.165) is 27.1 Å². The third kappa shape index (κ3) is 8.18. The Morgan fingerprint density at radius 3 is 0.932 bits per heavy atom. The summed E-state index contributed by atoms with van der Waals surface area (Å²) in [4.78, 5) is 123. The maximum Gasteiger partial charge on any atom is 0.261 e. The Morgan fingerprint density at radius 2 is 0.625 bits per heavy atom. The van der Waals surface area contributed by atoms with E-state index >= 15 is 0 Å². The van der Waals surface area contributed by atoms with Crippen molar-refractivity contribution in [2.45, 2.75) is 95.4 Å². The molecule has 4 aliphatic heterocycles. The summed E-state index contributed by atoms with van der Waals surface area (Å²) >= 11 is 0. The van der Waals surface area contributed by atoms with Crippen molar-refractivity contribution in [3.8, 4) is 6.07 Å². The smallest absolute Gasteiger partial charge is 0.261 e. The molecule has 0 bridgehead atoms. The van der Waals surface area contributed by atoms with E-state index in [0.29, 0.717) is 154 Å². The number of nitriles is 1. The zero-order valence-electron chi connectivity index (χ0n) is 49.8. The number of hydrogen-bond donors (Lipinski definition) is 0. The molecule has 0 atom stereocenters. The number of benzene rings is 10. The zero-order chi connectivity index (χ0) is 61.7. The van der Waals surface area contributed by atoms with Crippen LogP contribution in [0.1, 0.15) is 182 Å². The first-order valence-corrected chi connectivity index (χ1v) is 29.8. The van der Waals surface area contributed by atoms with Gasteiger partial charge in [0.15, 0.2) is 11.4 Å². The Labute approximate surface area is 508 Å². The van der Waals surface area contributed by atoms with Gasteiger partial charge >= 0.3 is 0 Å². The van der Waals surface area contributed by atoms with Crippen LogP contribution >= 0.6 is 0 Å². The molecule has 0 N–H and O–H groups in total. The van der Waals surface area contributed by atoms with Crippen LogP contribution in [0.5, 0.6) is 0 Å². The first-order chi connectivity index (χ1) is 41.6. The molecule has 0 spiro atoms. The molecule has 8 amide bonds. The van der Waals surface area contributed by atoms with Gasteiger partial charge in [-0.05, 0) is 170 Å². The maximum absolute atomic E-state index is 13.8. The first-order valence-electron chi connectivity index (χ1n) is 29.8. The van der Waals surface area contributed by atoms with Gasteiger partial charge in [0.25, 0.3) is 47.3 Å². The van der Waals surface area contributed by atoms with Gasteiger partial charge in [-0.2, -0.15) is 5.26 Å². The lowest BCUT2D eigenvalue weighted by molar-refractivity contribution is 0.0588. The first kappa shape index (κ1) is 58.2. The minimum atomic E-state index is -0.442. The molecule has 14 rings (SSSR count). The van der Waals surface area contributed by atoms with Gasteiger partial charge in [-0.15, -0.1) is 0 Å². The lowest BCUT2D eigenvalue weighted by Gasteiger charge is -2.31. The zero-order valence-corrected chi connectivity index (χ0v) is 49.8. The minimum absolute atomic E-state index is 0. The van der Waals surface area contributed by atoms with Crippen LogP contribution in [0.15, 0.2) is 72.8 Å². The lowest BCUT2D eigenvalue weighted by atomic mass is 9.80. The van der Waals surface area contributed by atoms with Crippen molar-refractivity contribution in [3.05, 3.63) is 151 Å². The van der Waals surface area contributed by atoms with Crippen molar-refractivity contribution in [1.82, 2.24) is 19.6 Å². The fourth-order valence-corrected chi connectivity index (χ4v) is 13.9. The minimum Gasteiger partial charge on any atom is -0.274 e. The molecule has 10 aromatic carbocycles. The van der Waals surface area contributed by atoms with Gasteiger partial charge in [-0.25, -0.2) is 9.69 Å². The Kier molecular flexibility index (Phi) is 13.9. The third-order valence-corrected chi connectivity index (χ3v) is 18.2. The van der Waals surface area contributed by atoms with Crippen LogP contribution in [0, 0.1) is 55.1 Å². The average molecular weight is 1170 g/mol. The van der Waals surface area contributed by atoms with E-state index < -0.39 is 11.8 Å². The van der Waals surface area contributed by atoms with E-state index in [1.165, 1.54) is 19.6 Å². The van der Waals surface area contributed by atoms with Crippen molar-refractivity contribution in [3.63, 3.8) is 0 Å². The number of hydrogen-bond acceptors (Lipinski definition) is 9. The van der Waals surface area contributed by atoms with Gasteiger partial charge in [0.05, 0.1) is 30.3 Å². The summed E-state index contributed by atoms with van der Waals surface area (Å²) in [5, 5.41) is 20.4. The van der Waals surface area contributed by atoms with E-state index in [4.69, 9.17) is 13.1 Å². The molecule has 15 nitrogen and oxygen atoms in total. The number of nitrogens with zero attached hydrogens (tertiary/aromatic N) is 7. The van der Waals surface area contributed by atoms with Crippen molar-refractivity contribution < 1.29 is 38.4 Å². The highest BCUT2D eigenvalue weighted by molar-refractivity contribution is 6.45. The van der Waals surface area contributed by atoms with E-state index in [1.54, 1.807) is 54.6 Å². The number of carbonyl (C=O) groups is 8. The Bertz CT molecular complexity index is 4870. The van der Waals surface area contributed by atoms with Crippen LogP contribution in [0.4, 0.5) is 11.4 Å².